The van der Waals surface area contributed by atoms with Crippen LogP contribution >= 0.6 is 23.4 Å². The Morgan fingerprint density at radius 2 is 2.47 bits per heavy atom. The molecule has 1 aromatic carbocycles. The van der Waals surface area contributed by atoms with Crippen LogP contribution in [0.15, 0.2) is 40.5 Å². The van der Waals surface area contributed by atoms with E-state index in [9.17, 15) is 4.79 Å². The van der Waals surface area contributed by atoms with Gasteiger partial charge >= 0.3 is 0 Å². The van der Waals surface area contributed by atoms with Crippen LogP contribution < -0.4 is 5.32 Å². The van der Waals surface area contributed by atoms with Crippen molar-refractivity contribution >= 4 is 40.4 Å². The van der Waals surface area contributed by atoms with E-state index in [4.69, 9.17) is 16.0 Å². The van der Waals surface area contributed by atoms with Gasteiger partial charge in [0.1, 0.15) is 5.52 Å². The number of oxazole rings is 1. The molecule has 0 unspecified atom stereocenters. The van der Waals surface area contributed by atoms with Crippen LogP contribution in [0.4, 0.5) is 0 Å². The van der Waals surface area contributed by atoms with E-state index in [2.05, 4.69) is 16.9 Å². The highest BCUT2D eigenvalue weighted by molar-refractivity contribution is 8.00. The summed E-state index contributed by atoms with van der Waals surface area (Å²) in [5.74, 6) is -0.0785. The lowest BCUT2D eigenvalue weighted by molar-refractivity contribution is -0.120. The van der Waals surface area contributed by atoms with E-state index in [0.29, 0.717) is 22.4 Å². The number of hydrogen-bond donors (Lipinski definition) is 1. The van der Waals surface area contributed by atoms with Crippen LogP contribution in [0.5, 0.6) is 0 Å². The van der Waals surface area contributed by atoms with Gasteiger partial charge in [0.05, 0.1) is 5.25 Å². The second-order valence-corrected chi connectivity index (χ2v) is 5.61. The number of carbonyl (C=O) groups excluding carboxylic acids is 1. The Morgan fingerprint density at radius 1 is 1.68 bits per heavy atom. The third-order valence-corrected chi connectivity index (χ3v) is 3.58. The zero-order valence-corrected chi connectivity index (χ0v) is 11.9. The van der Waals surface area contributed by atoms with Gasteiger partial charge in [0.25, 0.3) is 5.22 Å². The monoisotopic (exact) mass is 296 g/mol. The van der Waals surface area contributed by atoms with E-state index in [1.165, 1.54) is 11.8 Å². The molecule has 1 atom stereocenters. The van der Waals surface area contributed by atoms with E-state index in [1.807, 2.05) is 0 Å². The molecule has 0 saturated carbocycles. The Balaban J connectivity index is 2.08. The topological polar surface area (TPSA) is 55.1 Å². The lowest BCUT2D eigenvalue weighted by Gasteiger charge is -2.07. The highest BCUT2D eigenvalue weighted by Gasteiger charge is 2.17. The van der Waals surface area contributed by atoms with Crippen molar-refractivity contribution in [3.05, 3.63) is 35.9 Å². The summed E-state index contributed by atoms with van der Waals surface area (Å²) in [6.07, 6.45) is 1.64. The molecule has 100 valence electrons. The number of fused-ring (bicyclic) bond motifs is 1. The molecule has 0 aliphatic carbocycles. The van der Waals surface area contributed by atoms with Crippen LogP contribution in [0.1, 0.15) is 6.92 Å². The SMILES string of the molecule is C=CCNC(=O)[C@H](C)Sc1nc2ccc(Cl)cc2o1. The van der Waals surface area contributed by atoms with Crippen molar-refractivity contribution in [1.29, 1.82) is 0 Å². The molecule has 0 saturated heterocycles. The summed E-state index contributed by atoms with van der Waals surface area (Å²) in [6.45, 7) is 5.80. The quantitative estimate of drug-likeness (QED) is 0.679. The Bertz CT molecular complexity index is 612. The number of nitrogens with zero attached hydrogens (tertiary/aromatic N) is 1. The smallest absolute Gasteiger partial charge is 0.257 e. The van der Waals surface area contributed by atoms with Crippen molar-refractivity contribution in [2.24, 2.45) is 0 Å². The Hall–Kier alpha value is -1.46. The van der Waals surface area contributed by atoms with Crippen molar-refractivity contribution in [3.63, 3.8) is 0 Å². The molecule has 6 heteroatoms. The molecule has 19 heavy (non-hydrogen) atoms. The van der Waals surface area contributed by atoms with E-state index in [0.717, 1.165) is 5.52 Å². The standard InChI is InChI=1S/C13H13ClN2O2S/c1-3-6-15-12(17)8(2)19-13-16-10-5-4-9(14)7-11(10)18-13/h3-5,7-8H,1,6H2,2H3,(H,15,17)/t8-/m0/s1. The molecular formula is C13H13ClN2O2S. The van der Waals surface area contributed by atoms with Gasteiger partial charge in [-0.25, -0.2) is 4.98 Å². The van der Waals surface area contributed by atoms with E-state index in [-0.39, 0.29) is 11.2 Å². The summed E-state index contributed by atoms with van der Waals surface area (Å²) in [7, 11) is 0. The average Bonchev–Trinajstić information content (AvgIpc) is 2.77. The summed E-state index contributed by atoms with van der Waals surface area (Å²) >= 11 is 7.14. The van der Waals surface area contributed by atoms with Crippen molar-refractivity contribution in [2.45, 2.75) is 17.4 Å². The van der Waals surface area contributed by atoms with E-state index < -0.39 is 0 Å². The Kier molecular flexibility index (Phi) is 4.50. The first-order valence-electron chi connectivity index (χ1n) is 5.71. The van der Waals surface area contributed by atoms with Gasteiger partial charge in [0, 0.05) is 17.6 Å². The molecule has 1 aromatic heterocycles. The fourth-order valence-electron chi connectivity index (χ4n) is 1.45. The molecule has 0 radical (unpaired) electrons. The zero-order valence-electron chi connectivity index (χ0n) is 10.4. The minimum Gasteiger partial charge on any atom is -0.431 e. The number of hydrogen-bond acceptors (Lipinski definition) is 4. The van der Waals surface area contributed by atoms with Gasteiger partial charge in [0.2, 0.25) is 5.91 Å². The van der Waals surface area contributed by atoms with Crippen LogP contribution in [0, 0.1) is 0 Å². The van der Waals surface area contributed by atoms with Crippen LogP contribution in [0.25, 0.3) is 11.1 Å². The number of thioether (sulfide) groups is 1. The predicted octanol–water partition coefficient (Wildman–Crippen LogP) is 3.26. The van der Waals surface area contributed by atoms with E-state index >= 15 is 0 Å². The number of aromatic nitrogens is 1. The summed E-state index contributed by atoms with van der Waals surface area (Å²) in [5, 5.41) is 3.49. The second-order valence-electron chi connectivity index (χ2n) is 3.89. The maximum Gasteiger partial charge on any atom is 0.257 e. The van der Waals surface area contributed by atoms with Crippen LogP contribution in [0.3, 0.4) is 0 Å². The number of carbonyl (C=O) groups is 1. The first-order chi connectivity index (χ1) is 9.10. The van der Waals surface area contributed by atoms with Gasteiger partial charge in [-0.05, 0) is 19.1 Å². The predicted molar refractivity (Wildman–Crippen MR) is 77.5 cm³/mol. The molecule has 4 nitrogen and oxygen atoms in total. The number of amides is 1. The molecule has 0 aliphatic heterocycles. The highest BCUT2D eigenvalue weighted by atomic mass is 35.5. The molecule has 0 spiro atoms. The highest BCUT2D eigenvalue weighted by Crippen LogP contribution is 2.28. The average molecular weight is 297 g/mol. The number of halogens is 1. The fourth-order valence-corrected chi connectivity index (χ4v) is 2.39. The molecule has 1 amide bonds. The Labute approximate surface area is 120 Å². The summed E-state index contributed by atoms with van der Waals surface area (Å²) in [4.78, 5) is 16.0. The summed E-state index contributed by atoms with van der Waals surface area (Å²) < 4.78 is 5.54. The lowest BCUT2D eigenvalue weighted by atomic mass is 10.3. The lowest BCUT2D eigenvalue weighted by Crippen LogP contribution is -2.30. The first-order valence-corrected chi connectivity index (χ1v) is 6.97. The van der Waals surface area contributed by atoms with Crippen molar-refractivity contribution in [1.82, 2.24) is 10.3 Å². The third kappa shape index (κ3) is 3.52. The number of benzene rings is 1. The van der Waals surface area contributed by atoms with Gasteiger partial charge in [-0.15, -0.1) is 6.58 Å². The maximum atomic E-state index is 11.7. The Morgan fingerprint density at radius 3 is 3.21 bits per heavy atom. The molecule has 1 heterocycles. The summed E-state index contributed by atoms with van der Waals surface area (Å²) in [5.41, 5.74) is 1.35. The van der Waals surface area contributed by atoms with Gasteiger partial charge in [-0.1, -0.05) is 29.4 Å². The van der Waals surface area contributed by atoms with Crippen molar-refractivity contribution < 1.29 is 9.21 Å². The molecule has 2 aromatic rings. The largest absolute Gasteiger partial charge is 0.431 e. The molecule has 1 N–H and O–H groups in total. The van der Waals surface area contributed by atoms with Gasteiger partial charge in [0.15, 0.2) is 5.58 Å². The second kappa shape index (κ2) is 6.12. The minimum absolute atomic E-state index is 0.0785. The molecule has 2 rings (SSSR count). The van der Waals surface area contributed by atoms with Crippen LogP contribution in [-0.2, 0) is 4.79 Å². The van der Waals surface area contributed by atoms with Gasteiger partial charge in [-0.2, -0.15) is 0 Å². The van der Waals surface area contributed by atoms with E-state index in [1.54, 1.807) is 31.2 Å². The summed E-state index contributed by atoms with van der Waals surface area (Å²) in [6, 6.07) is 5.24. The molecular weight excluding hydrogens is 284 g/mol. The van der Waals surface area contributed by atoms with Gasteiger partial charge in [-0.3, -0.25) is 4.79 Å². The molecule has 0 bridgehead atoms. The zero-order chi connectivity index (χ0) is 13.8. The van der Waals surface area contributed by atoms with Crippen molar-refractivity contribution in [2.75, 3.05) is 6.54 Å². The first kappa shape index (κ1) is 14.0. The number of nitrogens with one attached hydrogen (secondary N) is 1. The normalized spacial score (nSPS) is 12.3. The van der Waals surface area contributed by atoms with Crippen LogP contribution in [0.2, 0.25) is 5.02 Å². The van der Waals surface area contributed by atoms with Gasteiger partial charge < -0.3 is 9.73 Å². The number of rotatable bonds is 5. The van der Waals surface area contributed by atoms with Crippen molar-refractivity contribution in [3.8, 4) is 0 Å². The molecule has 0 aliphatic rings. The molecule has 0 fully saturated rings. The fraction of sp³-hybridized carbons (Fsp3) is 0.231. The minimum atomic E-state index is -0.288. The maximum absolute atomic E-state index is 11.7. The van der Waals surface area contributed by atoms with Crippen LogP contribution in [-0.4, -0.2) is 22.7 Å². The third-order valence-electron chi connectivity index (χ3n) is 2.40.